The molecule has 5 nitrogen and oxygen atoms in total. The maximum absolute atomic E-state index is 12.7. The summed E-state index contributed by atoms with van der Waals surface area (Å²) in [5, 5.41) is 7.95. The predicted octanol–water partition coefficient (Wildman–Crippen LogP) is 5.77. The Balaban J connectivity index is 1.41. The van der Waals surface area contributed by atoms with Gasteiger partial charge in [-0.15, -0.1) is 11.8 Å². The van der Waals surface area contributed by atoms with Gasteiger partial charge >= 0.3 is 0 Å². The maximum Gasteiger partial charge on any atom is 0.259 e. The number of hydrogen-bond acceptors (Lipinski definition) is 4. The SMILES string of the molecule is Cc1c(C(=O)Nc2ccc(SCc3cccnc3)cc2)cnn1-c1ccc(Cl)cc1. The third-order valence-corrected chi connectivity index (χ3v) is 5.90. The van der Waals surface area contributed by atoms with Gasteiger partial charge in [0, 0.05) is 33.8 Å². The smallest absolute Gasteiger partial charge is 0.259 e. The molecule has 1 amide bonds. The molecule has 2 aromatic carbocycles. The van der Waals surface area contributed by atoms with Gasteiger partial charge in [-0.25, -0.2) is 4.68 Å². The van der Waals surface area contributed by atoms with Crippen LogP contribution in [0.4, 0.5) is 5.69 Å². The Morgan fingerprint density at radius 2 is 1.83 bits per heavy atom. The maximum atomic E-state index is 12.7. The predicted molar refractivity (Wildman–Crippen MR) is 122 cm³/mol. The molecule has 0 spiro atoms. The fourth-order valence-electron chi connectivity index (χ4n) is 2.96. The van der Waals surface area contributed by atoms with Crippen LogP contribution in [0.2, 0.25) is 5.02 Å². The molecule has 0 saturated carbocycles. The summed E-state index contributed by atoms with van der Waals surface area (Å²) in [5.74, 6) is 0.659. The Kier molecular flexibility index (Phi) is 6.16. The van der Waals surface area contributed by atoms with E-state index >= 15 is 0 Å². The van der Waals surface area contributed by atoms with Crippen molar-refractivity contribution in [3.63, 3.8) is 0 Å². The number of aromatic nitrogens is 3. The van der Waals surface area contributed by atoms with E-state index in [9.17, 15) is 4.79 Å². The lowest BCUT2D eigenvalue weighted by Gasteiger charge is -2.08. The third kappa shape index (κ3) is 4.72. The zero-order valence-corrected chi connectivity index (χ0v) is 17.8. The molecule has 0 aliphatic heterocycles. The molecule has 0 saturated heterocycles. The second-order valence-electron chi connectivity index (χ2n) is 6.66. The fourth-order valence-corrected chi connectivity index (χ4v) is 3.92. The number of carbonyl (C=O) groups is 1. The van der Waals surface area contributed by atoms with Crippen LogP contribution in [0.25, 0.3) is 5.69 Å². The van der Waals surface area contributed by atoms with Crippen LogP contribution in [0.1, 0.15) is 21.6 Å². The van der Waals surface area contributed by atoms with Crippen LogP contribution in [-0.2, 0) is 5.75 Å². The summed E-state index contributed by atoms with van der Waals surface area (Å²) in [6, 6.07) is 19.1. The van der Waals surface area contributed by atoms with Crippen LogP contribution in [0.5, 0.6) is 0 Å². The zero-order chi connectivity index (χ0) is 20.9. The first kappa shape index (κ1) is 20.2. The molecule has 0 unspecified atom stereocenters. The normalized spacial score (nSPS) is 10.7. The minimum absolute atomic E-state index is 0.191. The Bertz CT molecular complexity index is 1140. The molecule has 2 aromatic heterocycles. The molecule has 0 fully saturated rings. The van der Waals surface area contributed by atoms with Crippen LogP contribution in [0.3, 0.4) is 0 Å². The molecule has 0 aliphatic carbocycles. The molecule has 7 heteroatoms. The second kappa shape index (κ2) is 9.15. The van der Waals surface area contributed by atoms with Crippen molar-refractivity contribution in [3.8, 4) is 5.69 Å². The highest BCUT2D eigenvalue weighted by molar-refractivity contribution is 7.98. The van der Waals surface area contributed by atoms with Gasteiger partial charge < -0.3 is 5.32 Å². The van der Waals surface area contributed by atoms with Gasteiger partial charge in [0.15, 0.2) is 0 Å². The average Bonchev–Trinajstić information content (AvgIpc) is 3.16. The Morgan fingerprint density at radius 1 is 1.07 bits per heavy atom. The van der Waals surface area contributed by atoms with E-state index in [0.29, 0.717) is 10.6 Å². The van der Waals surface area contributed by atoms with Crippen molar-refractivity contribution in [1.82, 2.24) is 14.8 Å². The first-order chi connectivity index (χ1) is 14.6. The van der Waals surface area contributed by atoms with Crippen molar-refractivity contribution < 1.29 is 4.79 Å². The van der Waals surface area contributed by atoms with Gasteiger partial charge in [-0.3, -0.25) is 9.78 Å². The molecule has 0 atom stereocenters. The van der Waals surface area contributed by atoms with Crippen LogP contribution in [0, 0.1) is 6.92 Å². The highest BCUT2D eigenvalue weighted by atomic mass is 35.5. The van der Waals surface area contributed by atoms with Crippen molar-refractivity contribution in [2.45, 2.75) is 17.6 Å². The van der Waals surface area contributed by atoms with Crippen molar-refractivity contribution in [2.24, 2.45) is 0 Å². The van der Waals surface area contributed by atoms with E-state index in [-0.39, 0.29) is 5.91 Å². The molecular formula is C23H19ClN4OS. The van der Waals surface area contributed by atoms with E-state index in [1.165, 1.54) is 5.56 Å². The van der Waals surface area contributed by atoms with E-state index in [2.05, 4.69) is 21.5 Å². The van der Waals surface area contributed by atoms with Crippen molar-refractivity contribution in [3.05, 3.63) is 101 Å². The molecule has 1 N–H and O–H groups in total. The number of anilines is 1. The monoisotopic (exact) mass is 434 g/mol. The number of pyridine rings is 1. The van der Waals surface area contributed by atoms with Crippen LogP contribution in [0.15, 0.2) is 84.1 Å². The molecule has 4 aromatic rings. The fraction of sp³-hybridized carbons (Fsp3) is 0.0870. The summed E-state index contributed by atoms with van der Waals surface area (Å²) in [7, 11) is 0. The number of rotatable bonds is 6. The average molecular weight is 435 g/mol. The number of hydrogen-bond donors (Lipinski definition) is 1. The zero-order valence-electron chi connectivity index (χ0n) is 16.2. The van der Waals surface area contributed by atoms with Crippen molar-refractivity contribution in [1.29, 1.82) is 0 Å². The quantitative estimate of drug-likeness (QED) is 0.391. The van der Waals surface area contributed by atoms with Crippen LogP contribution < -0.4 is 5.32 Å². The topological polar surface area (TPSA) is 59.8 Å². The number of nitrogens with zero attached hydrogens (tertiary/aromatic N) is 3. The summed E-state index contributed by atoms with van der Waals surface area (Å²) >= 11 is 7.68. The van der Waals surface area contributed by atoms with Gasteiger partial charge in [0.25, 0.3) is 5.91 Å². The minimum Gasteiger partial charge on any atom is -0.322 e. The second-order valence-corrected chi connectivity index (χ2v) is 8.15. The summed E-state index contributed by atoms with van der Waals surface area (Å²) in [6.07, 6.45) is 5.22. The Morgan fingerprint density at radius 3 is 2.53 bits per heavy atom. The number of nitrogens with one attached hydrogen (secondary N) is 1. The van der Waals surface area contributed by atoms with Gasteiger partial charge in [0.2, 0.25) is 0 Å². The standard InChI is InChI=1S/C23H19ClN4OS/c1-16-22(14-26-28(16)20-8-4-18(24)5-9-20)23(29)27-19-6-10-21(11-7-19)30-15-17-3-2-12-25-13-17/h2-14H,15H2,1H3,(H,27,29). The Labute approximate surface area is 184 Å². The third-order valence-electron chi connectivity index (χ3n) is 4.57. The van der Waals surface area contributed by atoms with E-state index in [0.717, 1.165) is 27.7 Å². The molecule has 0 radical (unpaired) electrons. The summed E-state index contributed by atoms with van der Waals surface area (Å²) in [6.45, 7) is 1.87. The first-order valence-electron chi connectivity index (χ1n) is 9.34. The minimum atomic E-state index is -0.191. The number of amides is 1. The Hall–Kier alpha value is -3.09. The number of halogens is 1. The van der Waals surface area contributed by atoms with E-state index < -0.39 is 0 Å². The highest BCUT2D eigenvalue weighted by Crippen LogP contribution is 2.24. The van der Waals surface area contributed by atoms with E-state index in [4.69, 9.17) is 11.6 Å². The number of carbonyl (C=O) groups excluding carboxylic acids is 1. The van der Waals surface area contributed by atoms with Crippen molar-refractivity contribution in [2.75, 3.05) is 5.32 Å². The lowest BCUT2D eigenvalue weighted by atomic mass is 10.2. The molecule has 2 heterocycles. The number of benzene rings is 2. The molecular weight excluding hydrogens is 416 g/mol. The van der Waals surface area contributed by atoms with E-state index in [1.807, 2.05) is 55.6 Å². The van der Waals surface area contributed by atoms with Gasteiger partial charge in [0.1, 0.15) is 0 Å². The molecule has 0 bridgehead atoms. The first-order valence-corrected chi connectivity index (χ1v) is 10.7. The largest absolute Gasteiger partial charge is 0.322 e. The van der Waals surface area contributed by atoms with Gasteiger partial charge in [0.05, 0.1) is 23.1 Å². The van der Waals surface area contributed by atoms with Gasteiger partial charge in [-0.05, 0) is 67.1 Å². The lowest BCUT2D eigenvalue weighted by molar-refractivity contribution is 0.102. The van der Waals surface area contributed by atoms with Crippen molar-refractivity contribution >= 4 is 35.0 Å². The molecule has 150 valence electrons. The summed E-state index contributed by atoms with van der Waals surface area (Å²) < 4.78 is 1.73. The molecule has 0 aliphatic rings. The lowest BCUT2D eigenvalue weighted by Crippen LogP contribution is -2.13. The van der Waals surface area contributed by atoms with Crippen LogP contribution >= 0.6 is 23.4 Å². The highest BCUT2D eigenvalue weighted by Gasteiger charge is 2.15. The number of thioether (sulfide) groups is 1. The molecule has 30 heavy (non-hydrogen) atoms. The van der Waals surface area contributed by atoms with Gasteiger partial charge in [-0.2, -0.15) is 5.10 Å². The molecule has 4 rings (SSSR count). The van der Waals surface area contributed by atoms with Crippen LogP contribution in [-0.4, -0.2) is 20.7 Å². The van der Waals surface area contributed by atoms with E-state index in [1.54, 1.807) is 41.0 Å². The summed E-state index contributed by atoms with van der Waals surface area (Å²) in [4.78, 5) is 18.0. The van der Waals surface area contributed by atoms with Gasteiger partial charge in [-0.1, -0.05) is 17.7 Å². The summed E-state index contributed by atoms with van der Waals surface area (Å²) in [5.41, 5.74) is 4.06.